The zero-order valence-electron chi connectivity index (χ0n) is 12.2. The highest BCUT2D eigenvalue weighted by molar-refractivity contribution is 5.76. The Balaban J connectivity index is 1.89. The highest BCUT2D eigenvalue weighted by Gasteiger charge is 2.14. The first kappa shape index (κ1) is 15.0. The summed E-state index contributed by atoms with van der Waals surface area (Å²) in [6.07, 6.45) is 4.27. The molecule has 0 aliphatic heterocycles. The summed E-state index contributed by atoms with van der Waals surface area (Å²) in [5.74, 6) is 0.235. The van der Waals surface area contributed by atoms with Crippen molar-refractivity contribution >= 4 is 5.91 Å². The zero-order valence-corrected chi connectivity index (χ0v) is 12.2. The van der Waals surface area contributed by atoms with Gasteiger partial charge in [0.25, 0.3) is 0 Å². The Bertz CT molecular complexity index is 584. The van der Waals surface area contributed by atoms with Gasteiger partial charge in [-0.2, -0.15) is 4.73 Å². The van der Waals surface area contributed by atoms with Gasteiger partial charge in [-0.3, -0.25) is 4.79 Å². The first-order valence-corrected chi connectivity index (χ1v) is 7.18. The van der Waals surface area contributed by atoms with Gasteiger partial charge in [-0.05, 0) is 24.0 Å². The van der Waals surface area contributed by atoms with Crippen LogP contribution in [0.1, 0.15) is 36.8 Å². The number of carbonyl (C=O) groups excluding carboxylic acids is 1. The molecular weight excluding hydrogens is 264 g/mol. The zero-order chi connectivity index (χ0) is 15.1. The molecule has 4 nitrogen and oxygen atoms in total. The number of nitrogens with one attached hydrogen (secondary N) is 1. The second-order valence-electron chi connectivity index (χ2n) is 5.07. The van der Waals surface area contributed by atoms with Gasteiger partial charge in [0.15, 0.2) is 12.4 Å². The third-order valence-electron chi connectivity index (χ3n) is 3.52. The van der Waals surface area contributed by atoms with Crippen molar-refractivity contribution in [1.82, 2.24) is 5.32 Å². The Morgan fingerprint density at radius 1 is 1.24 bits per heavy atom. The SMILES string of the molecule is CCC(CC(=O)NCc1ccc[n+]([O-])c1)c1ccccc1. The molecule has 1 aromatic heterocycles. The monoisotopic (exact) mass is 284 g/mol. The van der Waals surface area contributed by atoms with E-state index in [0.717, 1.165) is 16.7 Å². The Labute approximate surface area is 125 Å². The average Bonchev–Trinajstić information content (AvgIpc) is 2.51. The van der Waals surface area contributed by atoms with E-state index in [9.17, 15) is 10.0 Å². The van der Waals surface area contributed by atoms with Crippen molar-refractivity contribution in [2.45, 2.75) is 32.2 Å². The summed E-state index contributed by atoms with van der Waals surface area (Å²) in [7, 11) is 0. The molecule has 1 heterocycles. The molecule has 0 saturated carbocycles. The second-order valence-corrected chi connectivity index (χ2v) is 5.07. The van der Waals surface area contributed by atoms with E-state index < -0.39 is 0 Å². The lowest BCUT2D eigenvalue weighted by Crippen LogP contribution is -2.28. The summed E-state index contributed by atoms with van der Waals surface area (Å²) in [5.41, 5.74) is 1.99. The summed E-state index contributed by atoms with van der Waals surface area (Å²) < 4.78 is 0.736. The van der Waals surface area contributed by atoms with Crippen molar-refractivity contribution in [3.05, 3.63) is 71.2 Å². The van der Waals surface area contributed by atoms with Gasteiger partial charge in [0.05, 0.1) is 0 Å². The number of pyridine rings is 1. The Kier molecular flexibility index (Phi) is 5.32. The minimum absolute atomic E-state index is 0.00649. The minimum Gasteiger partial charge on any atom is -0.619 e. The predicted octanol–water partition coefficient (Wildman–Crippen LogP) is 2.52. The molecule has 0 aliphatic carbocycles. The lowest BCUT2D eigenvalue weighted by molar-refractivity contribution is -0.605. The van der Waals surface area contributed by atoms with Crippen LogP contribution in [0, 0.1) is 5.21 Å². The molecule has 2 rings (SSSR count). The van der Waals surface area contributed by atoms with Crippen LogP contribution < -0.4 is 10.0 Å². The number of amides is 1. The fourth-order valence-corrected chi connectivity index (χ4v) is 2.33. The lowest BCUT2D eigenvalue weighted by atomic mass is 9.93. The van der Waals surface area contributed by atoms with Crippen LogP contribution in [0.15, 0.2) is 54.9 Å². The maximum Gasteiger partial charge on any atom is 0.220 e. The molecule has 0 aliphatic rings. The third-order valence-corrected chi connectivity index (χ3v) is 3.52. The fraction of sp³-hybridized carbons (Fsp3) is 0.294. The van der Waals surface area contributed by atoms with Crippen LogP contribution in [0.4, 0.5) is 0 Å². The summed E-state index contributed by atoms with van der Waals surface area (Å²) >= 11 is 0. The molecule has 1 aromatic carbocycles. The molecule has 4 heteroatoms. The van der Waals surface area contributed by atoms with Crippen LogP contribution in [0.2, 0.25) is 0 Å². The van der Waals surface area contributed by atoms with Crippen LogP contribution in [0.25, 0.3) is 0 Å². The van der Waals surface area contributed by atoms with Gasteiger partial charge in [0.1, 0.15) is 0 Å². The summed E-state index contributed by atoms with van der Waals surface area (Å²) in [6, 6.07) is 13.6. The molecule has 2 aromatic rings. The van der Waals surface area contributed by atoms with E-state index in [1.807, 2.05) is 24.3 Å². The minimum atomic E-state index is 0.00649. The number of rotatable bonds is 6. The molecule has 110 valence electrons. The third kappa shape index (κ3) is 4.60. The van der Waals surface area contributed by atoms with Gasteiger partial charge in [-0.1, -0.05) is 37.3 Å². The number of benzene rings is 1. The topological polar surface area (TPSA) is 56.0 Å². The van der Waals surface area contributed by atoms with Gasteiger partial charge < -0.3 is 10.5 Å². The van der Waals surface area contributed by atoms with Crippen LogP contribution in [0.3, 0.4) is 0 Å². The molecule has 0 bridgehead atoms. The van der Waals surface area contributed by atoms with Crippen LogP contribution in [-0.4, -0.2) is 5.91 Å². The van der Waals surface area contributed by atoms with E-state index in [2.05, 4.69) is 24.4 Å². The predicted molar refractivity (Wildman–Crippen MR) is 81.3 cm³/mol. The maximum absolute atomic E-state index is 12.0. The van der Waals surface area contributed by atoms with Gasteiger partial charge >= 0.3 is 0 Å². The van der Waals surface area contributed by atoms with Gasteiger partial charge in [-0.25, -0.2) is 0 Å². The number of carbonyl (C=O) groups is 1. The van der Waals surface area contributed by atoms with Crippen molar-refractivity contribution in [3.63, 3.8) is 0 Å². The first-order chi connectivity index (χ1) is 10.2. The molecule has 1 amide bonds. The van der Waals surface area contributed by atoms with E-state index in [4.69, 9.17) is 0 Å². The summed E-state index contributed by atoms with van der Waals surface area (Å²) in [4.78, 5) is 12.0. The van der Waals surface area contributed by atoms with Crippen molar-refractivity contribution in [1.29, 1.82) is 0 Å². The normalized spacial score (nSPS) is 11.9. The molecule has 1 atom stereocenters. The van der Waals surface area contributed by atoms with E-state index in [1.165, 1.54) is 18.0 Å². The molecule has 1 unspecified atom stereocenters. The number of hydrogen-bond donors (Lipinski definition) is 1. The van der Waals surface area contributed by atoms with E-state index in [-0.39, 0.29) is 11.8 Å². The van der Waals surface area contributed by atoms with E-state index >= 15 is 0 Å². The standard InChI is InChI=1S/C17H20N2O2/c1-2-15(16-8-4-3-5-9-16)11-17(20)18-12-14-7-6-10-19(21)13-14/h3-10,13,15H,2,11-12H2,1H3,(H,18,20). The number of nitrogens with zero attached hydrogens (tertiary/aromatic N) is 1. The molecular formula is C17H20N2O2. The molecule has 21 heavy (non-hydrogen) atoms. The van der Waals surface area contributed by atoms with Crippen LogP contribution in [0.5, 0.6) is 0 Å². The van der Waals surface area contributed by atoms with Gasteiger partial charge in [0.2, 0.25) is 5.91 Å². The van der Waals surface area contributed by atoms with E-state index in [0.29, 0.717) is 13.0 Å². The molecule has 0 spiro atoms. The summed E-state index contributed by atoms with van der Waals surface area (Å²) in [5, 5.41) is 14.0. The molecule has 0 radical (unpaired) electrons. The van der Waals surface area contributed by atoms with Crippen molar-refractivity contribution in [2.75, 3.05) is 0 Å². The number of hydrogen-bond acceptors (Lipinski definition) is 2. The van der Waals surface area contributed by atoms with Gasteiger partial charge in [0, 0.05) is 24.6 Å². The largest absolute Gasteiger partial charge is 0.619 e. The molecule has 1 N–H and O–H groups in total. The molecule has 0 saturated heterocycles. The number of aromatic nitrogens is 1. The Hall–Kier alpha value is -2.36. The highest BCUT2D eigenvalue weighted by atomic mass is 16.5. The van der Waals surface area contributed by atoms with Crippen molar-refractivity contribution in [3.8, 4) is 0 Å². The maximum atomic E-state index is 12.0. The smallest absolute Gasteiger partial charge is 0.220 e. The lowest BCUT2D eigenvalue weighted by Gasteiger charge is -2.15. The van der Waals surface area contributed by atoms with Crippen molar-refractivity contribution < 1.29 is 9.52 Å². The van der Waals surface area contributed by atoms with Crippen LogP contribution in [-0.2, 0) is 11.3 Å². The Morgan fingerprint density at radius 3 is 2.67 bits per heavy atom. The fourth-order valence-electron chi connectivity index (χ4n) is 2.33. The van der Waals surface area contributed by atoms with Crippen LogP contribution >= 0.6 is 0 Å². The average molecular weight is 284 g/mol. The van der Waals surface area contributed by atoms with Gasteiger partial charge in [-0.15, -0.1) is 0 Å². The molecule has 0 fully saturated rings. The Morgan fingerprint density at radius 2 is 2.00 bits per heavy atom. The summed E-state index contributed by atoms with van der Waals surface area (Å²) in [6.45, 7) is 2.47. The van der Waals surface area contributed by atoms with E-state index in [1.54, 1.807) is 6.07 Å². The van der Waals surface area contributed by atoms with Crippen molar-refractivity contribution in [2.24, 2.45) is 0 Å². The quantitative estimate of drug-likeness (QED) is 0.654. The first-order valence-electron chi connectivity index (χ1n) is 7.18. The second kappa shape index (κ2) is 7.43. The highest BCUT2D eigenvalue weighted by Crippen LogP contribution is 2.22.